The van der Waals surface area contributed by atoms with Gasteiger partial charge in [-0.1, -0.05) is 0 Å². The molecule has 0 bridgehead atoms. The zero-order valence-corrected chi connectivity index (χ0v) is 12.9. The molecule has 1 aromatic carbocycles. The Balaban J connectivity index is 1.52. The highest BCUT2D eigenvalue weighted by Gasteiger charge is 1.92. The van der Waals surface area contributed by atoms with E-state index in [1.54, 1.807) is 37.5 Å². The number of nitrogens with one attached hydrogen (secondary N) is 2. The lowest BCUT2D eigenvalue weighted by molar-refractivity contribution is 1.31. The van der Waals surface area contributed by atoms with Crippen molar-refractivity contribution in [2.75, 3.05) is 10.6 Å². The van der Waals surface area contributed by atoms with Crippen LogP contribution in [0.4, 0.5) is 22.7 Å². The predicted octanol–water partition coefficient (Wildman–Crippen LogP) is 4.02. The molecule has 0 saturated heterocycles. The van der Waals surface area contributed by atoms with Crippen molar-refractivity contribution >= 4 is 35.4 Å². The molecule has 2 N–H and O–H groups in total. The van der Waals surface area contributed by atoms with E-state index in [-0.39, 0.29) is 0 Å². The minimum atomic E-state index is 0.850. The van der Waals surface area contributed by atoms with E-state index >= 15 is 0 Å². The second kappa shape index (κ2) is 8.19. The van der Waals surface area contributed by atoms with Gasteiger partial charge in [0.05, 0.1) is 24.1 Å². The van der Waals surface area contributed by atoms with Gasteiger partial charge in [0.15, 0.2) is 0 Å². The van der Waals surface area contributed by atoms with E-state index in [1.165, 1.54) is 0 Å². The fraction of sp³-hybridized carbons (Fsp3) is 0. The van der Waals surface area contributed by atoms with Gasteiger partial charge in [0.1, 0.15) is 0 Å². The van der Waals surface area contributed by atoms with Gasteiger partial charge in [0.25, 0.3) is 0 Å². The van der Waals surface area contributed by atoms with Crippen LogP contribution in [-0.4, -0.2) is 22.6 Å². The summed E-state index contributed by atoms with van der Waals surface area (Å²) in [6.45, 7) is 0. The zero-order chi connectivity index (χ0) is 16.5. The predicted molar refractivity (Wildman–Crippen MR) is 98.5 cm³/mol. The molecule has 0 aliphatic heterocycles. The van der Waals surface area contributed by atoms with Crippen molar-refractivity contribution in [1.29, 1.82) is 0 Å². The van der Waals surface area contributed by atoms with Gasteiger partial charge in [-0.25, -0.2) is 9.98 Å². The molecule has 0 aliphatic carbocycles. The summed E-state index contributed by atoms with van der Waals surface area (Å²) < 4.78 is 0. The molecular formula is C18H16N6. The largest absolute Gasteiger partial charge is 0.346 e. The summed E-state index contributed by atoms with van der Waals surface area (Å²) in [5.41, 5.74) is 3.60. The first-order valence-electron chi connectivity index (χ1n) is 7.38. The number of rotatable bonds is 6. The maximum atomic E-state index is 4.29. The molecule has 2 heterocycles. The van der Waals surface area contributed by atoms with Crippen LogP contribution in [0.15, 0.2) is 83.3 Å². The molecule has 3 aromatic rings. The van der Waals surface area contributed by atoms with Crippen LogP contribution in [0.1, 0.15) is 0 Å². The third-order valence-electron chi connectivity index (χ3n) is 3.10. The smallest absolute Gasteiger partial charge is 0.0930 e. The Morgan fingerprint density at radius 2 is 0.958 bits per heavy atom. The summed E-state index contributed by atoms with van der Waals surface area (Å²) in [5.74, 6) is 0. The number of hydrogen-bond acceptors (Lipinski definition) is 4. The number of benzene rings is 1. The second-order valence-corrected chi connectivity index (χ2v) is 4.79. The first-order valence-corrected chi connectivity index (χ1v) is 7.38. The van der Waals surface area contributed by atoms with E-state index in [4.69, 9.17) is 0 Å². The van der Waals surface area contributed by atoms with Crippen molar-refractivity contribution in [3.63, 3.8) is 0 Å². The molecule has 6 heteroatoms. The van der Waals surface area contributed by atoms with Crippen molar-refractivity contribution in [1.82, 2.24) is 9.97 Å². The molecule has 0 radical (unpaired) electrons. The highest BCUT2D eigenvalue weighted by atomic mass is 15.0. The second-order valence-electron chi connectivity index (χ2n) is 4.79. The highest BCUT2D eigenvalue weighted by Crippen LogP contribution is 2.14. The molecule has 0 saturated carbocycles. The minimum Gasteiger partial charge on any atom is -0.346 e. The van der Waals surface area contributed by atoms with Crippen LogP contribution in [0.2, 0.25) is 0 Å². The molecule has 0 fully saturated rings. The fourth-order valence-electron chi connectivity index (χ4n) is 1.89. The quantitative estimate of drug-likeness (QED) is 0.532. The van der Waals surface area contributed by atoms with Crippen molar-refractivity contribution in [2.24, 2.45) is 9.98 Å². The summed E-state index contributed by atoms with van der Waals surface area (Å²) in [6, 6.07) is 15.2. The maximum Gasteiger partial charge on any atom is 0.0930 e. The lowest BCUT2D eigenvalue weighted by Crippen LogP contribution is -1.96. The topological polar surface area (TPSA) is 74.6 Å². The summed E-state index contributed by atoms with van der Waals surface area (Å²) in [4.78, 5) is 16.5. The first-order chi connectivity index (χ1) is 11.9. The minimum absolute atomic E-state index is 0.850. The molecule has 24 heavy (non-hydrogen) atoms. The van der Waals surface area contributed by atoms with E-state index in [1.807, 2.05) is 48.5 Å². The molecule has 2 aromatic heterocycles. The summed E-state index contributed by atoms with van der Waals surface area (Å²) in [5, 5.41) is 6.24. The zero-order valence-electron chi connectivity index (χ0n) is 12.9. The SMILES string of the molecule is C(=Nc1ccncc1)Nc1ccc(NC=Nc2ccncc2)cc1. The van der Waals surface area contributed by atoms with Crippen molar-refractivity contribution in [3.05, 3.63) is 73.3 Å². The van der Waals surface area contributed by atoms with Crippen LogP contribution in [0.5, 0.6) is 0 Å². The third-order valence-corrected chi connectivity index (χ3v) is 3.10. The van der Waals surface area contributed by atoms with Crippen molar-refractivity contribution in [2.45, 2.75) is 0 Å². The van der Waals surface area contributed by atoms with Crippen LogP contribution < -0.4 is 10.6 Å². The Labute approximate surface area is 140 Å². The van der Waals surface area contributed by atoms with Gasteiger partial charge in [0, 0.05) is 36.2 Å². The van der Waals surface area contributed by atoms with Crippen molar-refractivity contribution in [3.8, 4) is 0 Å². The molecule has 0 unspecified atom stereocenters. The fourth-order valence-corrected chi connectivity index (χ4v) is 1.89. The van der Waals surface area contributed by atoms with Crippen LogP contribution in [-0.2, 0) is 0 Å². The molecule has 6 nitrogen and oxygen atoms in total. The summed E-state index contributed by atoms with van der Waals surface area (Å²) in [6.07, 6.45) is 10.1. The van der Waals surface area contributed by atoms with Gasteiger partial charge in [-0.15, -0.1) is 0 Å². The van der Waals surface area contributed by atoms with E-state index in [0.29, 0.717) is 0 Å². The maximum absolute atomic E-state index is 4.29. The number of aliphatic imine (C=N–C) groups is 2. The Hall–Kier alpha value is -3.54. The van der Waals surface area contributed by atoms with Gasteiger partial charge < -0.3 is 10.6 Å². The van der Waals surface area contributed by atoms with Crippen LogP contribution >= 0.6 is 0 Å². The Bertz CT molecular complexity index is 727. The van der Waals surface area contributed by atoms with Gasteiger partial charge in [-0.2, -0.15) is 0 Å². The lowest BCUT2D eigenvalue weighted by Gasteiger charge is -2.03. The van der Waals surface area contributed by atoms with Crippen LogP contribution in [0, 0.1) is 0 Å². The van der Waals surface area contributed by atoms with E-state index in [2.05, 4.69) is 30.6 Å². The molecular weight excluding hydrogens is 300 g/mol. The summed E-state index contributed by atoms with van der Waals surface area (Å²) in [7, 11) is 0. The summed E-state index contributed by atoms with van der Waals surface area (Å²) >= 11 is 0. The normalized spacial score (nSPS) is 11.0. The van der Waals surface area contributed by atoms with Gasteiger partial charge in [0.2, 0.25) is 0 Å². The molecule has 3 rings (SSSR count). The highest BCUT2D eigenvalue weighted by molar-refractivity contribution is 5.81. The molecule has 0 atom stereocenters. The van der Waals surface area contributed by atoms with E-state index in [9.17, 15) is 0 Å². The average Bonchev–Trinajstić information content (AvgIpc) is 2.65. The molecule has 0 aliphatic rings. The average molecular weight is 316 g/mol. The molecule has 118 valence electrons. The van der Waals surface area contributed by atoms with E-state index < -0.39 is 0 Å². The lowest BCUT2D eigenvalue weighted by atomic mass is 10.3. The first kappa shape index (κ1) is 15.4. The van der Waals surface area contributed by atoms with Gasteiger partial charge in [-0.3, -0.25) is 9.97 Å². The van der Waals surface area contributed by atoms with E-state index in [0.717, 1.165) is 22.7 Å². The standard InChI is InChI=1S/C18H16N6/c1-2-16(22-14-24-18-7-11-20-12-8-18)4-3-15(1)21-13-23-17-5-9-19-10-6-17/h1-14H,(H,19,21,23)(H,20,22,24). The molecule has 0 spiro atoms. The number of pyridine rings is 2. The van der Waals surface area contributed by atoms with Crippen LogP contribution in [0.25, 0.3) is 0 Å². The number of hydrogen-bond donors (Lipinski definition) is 2. The Kier molecular flexibility index (Phi) is 5.24. The number of nitrogens with zero attached hydrogens (tertiary/aromatic N) is 4. The van der Waals surface area contributed by atoms with Crippen molar-refractivity contribution < 1.29 is 0 Å². The molecule has 0 amide bonds. The van der Waals surface area contributed by atoms with Gasteiger partial charge in [-0.05, 0) is 48.5 Å². The number of anilines is 2. The third kappa shape index (κ3) is 4.74. The van der Waals surface area contributed by atoms with Gasteiger partial charge >= 0.3 is 0 Å². The monoisotopic (exact) mass is 316 g/mol. The van der Waals surface area contributed by atoms with Crippen LogP contribution in [0.3, 0.4) is 0 Å². The Morgan fingerprint density at radius 1 is 0.583 bits per heavy atom. The Morgan fingerprint density at radius 3 is 1.33 bits per heavy atom. The number of aromatic nitrogens is 2.